The molecular formula is C9H7N3O2S. The average Bonchev–Trinajstić information content (AvgIpc) is 2.70. The first kappa shape index (κ1) is 9.60. The first-order valence-corrected chi connectivity index (χ1v) is 4.97. The molecule has 1 heterocycles. The third kappa shape index (κ3) is 2.29. The van der Waals surface area contributed by atoms with E-state index in [-0.39, 0.29) is 17.4 Å². The van der Waals surface area contributed by atoms with Crippen LogP contribution in [0.15, 0.2) is 29.6 Å². The molecule has 0 fully saturated rings. The van der Waals surface area contributed by atoms with E-state index < -0.39 is 0 Å². The minimum Gasteiger partial charge on any atom is -0.508 e. The van der Waals surface area contributed by atoms with E-state index in [9.17, 15) is 9.90 Å². The minimum atomic E-state index is -0.339. The molecule has 2 aromatic rings. The van der Waals surface area contributed by atoms with Gasteiger partial charge in [-0.05, 0) is 23.7 Å². The fourth-order valence-corrected chi connectivity index (χ4v) is 1.48. The van der Waals surface area contributed by atoms with Crippen LogP contribution in [0.2, 0.25) is 0 Å². The summed E-state index contributed by atoms with van der Waals surface area (Å²) in [5.74, 6) is -0.237. The molecule has 5 nitrogen and oxygen atoms in total. The SMILES string of the molecule is O=C(Nc1cccc(O)c1)c1csnn1. The van der Waals surface area contributed by atoms with Crippen LogP contribution in [-0.4, -0.2) is 20.6 Å². The molecule has 15 heavy (non-hydrogen) atoms. The van der Waals surface area contributed by atoms with Crippen LogP contribution in [0.25, 0.3) is 0 Å². The van der Waals surface area contributed by atoms with Crippen LogP contribution in [0.1, 0.15) is 10.5 Å². The van der Waals surface area contributed by atoms with Gasteiger partial charge in [0.2, 0.25) is 0 Å². The Hall–Kier alpha value is -1.95. The van der Waals surface area contributed by atoms with E-state index in [4.69, 9.17) is 0 Å². The highest BCUT2D eigenvalue weighted by molar-refractivity contribution is 7.03. The molecule has 1 aromatic heterocycles. The summed E-state index contributed by atoms with van der Waals surface area (Å²) in [5, 5.41) is 17.0. The van der Waals surface area contributed by atoms with Gasteiger partial charge in [0, 0.05) is 17.1 Å². The Labute approximate surface area is 89.5 Å². The number of benzene rings is 1. The summed E-state index contributed by atoms with van der Waals surface area (Å²) in [5.41, 5.74) is 0.788. The van der Waals surface area contributed by atoms with Crippen LogP contribution in [0, 0.1) is 0 Å². The lowest BCUT2D eigenvalue weighted by Crippen LogP contribution is -2.12. The van der Waals surface area contributed by atoms with Gasteiger partial charge in [0.15, 0.2) is 5.69 Å². The van der Waals surface area contributed by atoms with Gasteiger partial charge in [0.1, 0.15) is 5.75 Å². The zero-order valence-corrected chi connectivity index (χ0v) is 8.36. The van der Waals surface area contributed by atoms with Crippen molar-refractivity contribution in [3.8, 4) is 5.75 Å². The number of hydrogen-bond donors (Lipinski definition) is 2. The fourth-order valence-electron chi connectivity index (χ4n) is 1.04. The van der Waals surface area contributed by atoms with Gasteiger partial charge in [-0.2, -0.15) is 0 Å². The first-order valence-electron chi connectivity index (χ1n) is 4.13. The van der Waals surface area contributed by atoms with Crippen molar-refractivity contribution in [3.05, 3.63) is 35.3 Å². The molecule has 0 unspecified atom stereocenters. The molecule has 2 N–H and O–H groups in total. The van der Waals surface area contributed by atoms with Gasteiger partial charge in [-0.3, -0.25) is 4.79 Å². The van der Waals surface area contributed by atoms with Crippen LogP contribution in [-0.2, 0) is 0 Å². The fraction of sp³-hybridized carbons (Fsp3) is 0. The molecule has 0 bridgehead atoms. The van der Waals surface area contributed by atoms with Crippen LogP contribution in [0.4, 0.5) is 5.69 Å². The van der Waals surface area contributed by atoms with Gasteiger partial charge in [-0.15, -0.1) is 5.10 Å². The number of nitrogens with one attached hydrogen (secondary N) is 1. The van der Waals surface area contributed by atoms with Gasteiger partial charge in [0.25, 0.3) is 5.91 Å². The number of hydrogen-bond acceptors (Lipinski definition) is 5. The third-order valence-electron chi connectivity index (χ3n) is 1.70. The van der Waals surface area contributed by atoms with Gasteiger partial charge in [-0.1, -0.05) is 10.6 Å². The normalized spacial score (nSPS) is 9.87. The van der Waals surface area contributed by atoms with Gasteiger partial charge >= 0.3 is 0 Å². The van der Waals surface area contributed by atoms with E-state index in [1.54, 1.807) is 17.5 Å². The van der Waals surface area contributed by atoms with E-state index in [1.807, 2.05) is 0 Å². The summed E-state index contributed by atoms with van der Waals surface area (Å²) >= 11 is 1.11. The number of amides is 1. The zero-order chi connectivity index (χ0) is 10.7. The summed E-state index contributed by atoms with van der Waals surface area (Å²) in [6.45, 7) is 0. The number of anilines is 1. The zero-order valence-electron chi connectivity index (χ0n) is 7.54. The summed E-state index contributed by atoms with van der Waals surface area (Å²) in [7, 11) is 0. The minimum absolute atomic E-state index is 0.101. The molecule has 0 atom stereocenters. The monoisotopic (exact) mass is 221 g/mol. The average molecular weight is 221 g/mol. The van der Waals surface area contributed by atoms with Crippen LogP contribution < -0.4 is 5.32 Å². The first-order chi connectivity index (χ1) is 7.25. The highest BCUT2D eigenvalue weighted by atomic mass is 32.1. The lowest BCUT2D eigenvalue weighted by Gasteiger charge is -2.02. The molecule has 0 saturated carbocycles. The van der Waals surface area contributed by atoms with Crippen molar-refractivity contribution >= 4 is 23.1 Å². The molecule has 0 aliphatic heterocycles. The molecule has 0 aliphatic rings. The molecule has 0 aliphatic carbocycles. The number of phenols is 1. The van der Waals surface area contributed by atoms with E-state index in [1.165, 1.54) is 12.1 Å². The molecule has 76 valence electrons. The van der Waals surface area contributed by atoms with Crippen LogP contribution in [0.5, 0.6) is 5.75 Å². The second-order valence-electron chi connectivity index (χ2n) is 2.79. The topological polar surface area (TPSA) is 75.1 Å². The highest BCUT2D eigenvalue weighted by Gasteiger charge is 2.08. The van der Waals surface area contributed by atoms with Crippen molar-refractivity contribution in [3.63, 3.8) is 0 Å². The van der Waals surface area contributed by atoms with Crippen molar-refractivity contribution in [1.82, 2.24) is 9.59 Å². The number of carbonyl (C=O) groups is 1. The molecule has 2 rings (SSSR count). The second-order valence-corrected chi connectivity index (χ2v) is 3.40. The molecule has 1 aromatic carbocycles. The Morgan fingerprint density at radius 3 is 3.00 bits per heavy atom. The molecule has 1 amide bonds. The summed E-state index contributed by atoms with van der Waals surface area (Å²) in [6.07, 6.45) is 0. The number of rotatable bonds is 2. The number of aromatic hydroxyl groups is 1. The molecule has 0 spiro atoms. The van der Waals surface area contributed by atoms with Crippen molar-refractivity contribution in [2.45, 2.75) is 0 Å². The smallest absolute Gasteiger partial charge is 0.277 e. The van der Waals surface area contributed by atoms with E-state index in [2.05, 4.69) is 14.9 Å². The van der Waals surface area contributed by atoms with Crippen molar-refractivity contribution in [2.75, 3.05) is 5.32 Å². The summed E-state index contributed by atoms with van der Waals surface area (Å²) in [4.78, 5) is 11.5. The maximum Gasteiger partial charge on any atom is 0.277 e. The Kier molecular flexibility index (Phi) is 2.59. The standard InChI is InChI=1S/C9H7N3O2S/c13-7-3-1-2-6(4-7)10-9(14)8-5-15-12-11-8/h1-5,13H,(H,10,14). The Bertz CT molecular complexity index is 470. The molecule has 0 saturated heterocycles. The largest absolute Gasteiger partial charge is 0.508 e. The summed E-state index contributed by atoms with van der Waals surface area (Å²) in [6, 6.07) is 6.30. The van der Waals surface area contributed by atoms with Gasteiger partial charge in [0.05, 0.1) is 0 Å². The number of nitrogens with zero attached hydrogens (tertiary/aromatic N) is 2. The van der Waals surface area contributed by atoms with Gasteiger partial charge in [-0.25, -0.2) is 0 Å². The number of phenolic OH excluding ortho intramolecular Hbond substituents is 1. The van der Waals surface area contributed by atoms with Crippen LogP contribution >= 0.6 is 11.5 Å². The van der Waals surface area contributed by atoms with E-state index in [0.717, 1.165) is 11.5 Å². The third-order valence-corrected chi connectivity index (χ3v) is 2.20. The predicted molar refractivity (Wildman–Crippen MR) is 56.0 cm³/mol. The Balaban J connectivity index is 2.13. The van der Waals surface area contributed by atoms with Crippen LogP contribution in [0.3, 0.4) is 0 Å². The lowest BCUT2D eigenvalue weighted by molar-refractivity contribution is 0.102. The van der Waals surface area contributed by atoms with E-state index >= 15 is 0 Å². The molecular weight excluding hydrogens is 214 g/mol. The predicted octanol–water partition coefficient (Wildman–Crippen LogP) is 1.50. The summed E-state index contributed by atoms with van der Waals surface area (Å²) < 4.78 is 3.58. The number of carbonyl (C=O) groups excluding carboxylic acids is 1. The van der Waals surface area contributed by atoms with E-state index in [0.29, 0.717) is 5.69 Å². The molecule has 6 heteroatoms. The van der Waals surface area contributed by atoms with Crippen molar-refractivity contribution in [1.29, 1.82) is 0 Å². The Morgan fingerprint density at radius 1 is 1.47 bits per heavy atom. The second kappa shape index (κ2) is 4.05. The maximum absolute atomic E-state index is 11.5. The lowest BCUT2D eigenvalue weighted by atomic mass is 10.3. The Morgan fingerprint density at radius 2 is 2.33 bits per heavy atom. The maximum atomic E-state index is 11.5. The number of aromatic nitrogens is 2. The van der Waals surface area contributed by atoms with Crippen molar-refractivity contribution in [2.24, 2.45) is 0 Å². The molecule has 0 radical (unpaired) electrons. The van der Waals surface area contributed by atoms with Crippen molar-refractivity contribution < 1.29 is 9.90 Å². The quantitative estimate of drug-likeness (QED) is 0.805. The van der Waals surface area contributed by atoms with Gasteiger partial charge < -0.3 is 10.4 Å². The highest BCUT2D eigenvalue weighted by Crippen LogP contribution is 2.15.